The second-order valence-corrected chi connectivity index (χ2v) is 4.46. The van der Waals surface area contributed by atoms with E-state index in [0.717, 1.165) is 13.0 Å². The number of nitrogens with one attached hydrogen (secondary N) is 1. The molecule has 1 saturated heterocycles. The van der Waals surface area contributed by atoms with Gasteiger partial charge in [-0.25, -0.2) is 4.39 Å². The first-order chi connectivity index (χ1) is 8.63. The van der Waals surface area contributed by atoms with Crippen LogP contribution in [0.15, 0.2) is 18.2 Å². The molecule has 2 unspecified atom stereocenters. The van der Waals surface area contributed by atoms with Gasteiger partial charge in [0.2, 0.25) is 0 Å². The molecular formula is C13H16FNO3. The van der Waals surface area contributed by atoms with Crippen LogP contribution in [0.4, 0.5) is 4.39 Å². The molecule has 2 atom stereocenters. The Kier molecular flexibility index (Phi) is 3.81. The predicted molar refractivity (Wildman–Crippen MR) is 64.3 cm³/mol. The van der Waals surface area contributed by atoms with Gasteiger partial charge in [-0.2, -0.15) is 0 Å². The second-order valence-electron chi connectivity index (χ2n) is 4.46. The SMILES string of the molecule is COc1ccc(C(C(=O)O)C2CCNC2)cc1F. The molecule has 0 aliphatic carbocycles. The molecule has 1 aromatic rings. The van der Waals surface area contributed by atoms with Gasteiger partial charge >= 0.3 is 5.97 Å². The number of aliphatic carboxylic acids is 1. The lowest BCUT2D eigenvalue weighted by molar-refractivity contribution is -0.140. The molecular weight excluding hydrogens is 237 g/mol. The molecule has 4 nitrogen and oxygen atoms in total. The molecule has 1 aliphatic rings. The van der Waals surface area contributed by atoms with Crippen LogP contribution in [0.5, 0.6) is 5.75 Å². The largest absolute Gasteiger partial charge is 0.494 e. The number of rotatable bonds is 4. The van der Waals surface area contributed by atoms with Crippen molar-refractivity contribution in [3.63, 3.8) is 0 Å². The predicted octanol–water partition coefficient (Wildman–Crippen LogP) is 1.61. The minimum atomic E-state index is -0.909. The van der Waals surface area contributed by atoms with Crippen molar-refractivity contribution in [2.45, 2.75) is 12.3 Å². The normalized spacial score (nSPS) is 20.7. The van der Waals surface area contributed by atoms with Crippen LogP contribution in [-0.4, -0.2) is 31.3 Å². The number of hydrogen-bond acceptors (Lipinski definition) is 3. The molecule has 0 bridgehead atoms. The summed E-state index contributed by atoms with van der Waals surface area (Å²) in [5.74, 6) is -1.95. The van der Waals surface area contributed by atoms with Crippen LogP contribution in [0.25, 0.3) is 0 Å². The Labute approximate surface area is 105 Å². The van der Waals surface area contributed by atoms with E-state index in [9.17, 15) is 14.3 Å². The van der Waals surface area contributed by atoms with Crippen molar-refractivity contribution in [3.8, 4) is 5.75 Å². The number of hydrogen-bond donors (Lipinski definition) is 2. The lowest BCUT2D eigenvalue weighted by atomic mass is 9.85. The first-order valence-electron chi connectivity index (χ1n) is 5.90. The summed E-state index contributed by atoms with van der Waals surface area (Å²) in [6, 6.07) is 4.36. The van der Waals surface area contributed by atoms with Crippen molar-refractivity contribution < 1.29 is 19.0 Å². The fraction of sp³-hybridized carbons (Fsp3) is 0.462. The number of carbonyl (C=O) groups is 1. The number of benzene rings is 1. The first kappa shape index (κ1) is 12.8. The summed E-state index contributed by atoms with van der Waals surface area (Å²) in [5.41, 5.74) is 0.495. The average molecular weight is 253 g/mol. The molecule has 1 aromatic carbocycles. The second kappa shape index (κ2) is 5.35. The van der Waals surface area contributed by atoms with Crippen LogP contribution in [0.3, 0.4) is 0 Å². The maximum Gasteiger partial charge on any atom is 0.311 e. The van der Waals surface area contributed by atoms with Gasteiger partial charge in [-0.05, 0) is 43.1 Å². The molecule has 2 N–H and O–H groups in total. The topological polar surface area (TPSA) is 58.6 Å². The molecule has 0 saturated carbocycles. The Balaban J connectivity index is 2.30. The van der Waals surface area contributed by atoms with Gasteiger partial charge in [-0.3, -0.25) is 4.79 Å². The molecule has 1 aliphatic heterocycles. The molecule has 98 valence electrons. The van der Waals surface area contributed by atoms with Crippen molar-refractivity contribution in [1.82, 2.24) is 5.32 Å². The van der Waals surface area contributed by atoms with E-state index in [1.165, 1.54) is 19.2 Å². The summed E-state index contributed by atoms with van der Waals surface area (Å²) in [5, 5.41) is 12.5. The van der Waals surface area contributed by atoms with Gasteiger partial charge < -0.3 is 15.2 Å². The highest BCUT2D eigenvalue weighted by Crippen LogP contribution is 2.31. The lowest BCUT2D eigenvalue weighted by Gasteiger charge is -2.19. The van der Waals surface area contributed by atoms with E-state index >= 15 is 0 Å². The molecule has 0 aromatic heterocycles. The smallest absolute Gasteiger partial charge is 0.311 e. The van der Waals surface area contributed by atoms with Crippen molar-refractivity contribution >= 4 is 5.97 Å². The zero-order valence-electron chi connectivity index (χ0n) is 10.1. The van der Waals surface area contributed by atoms with Crippen LogP contribution >= 0.6 is 0 Å². The minimum Gasteiger partial charge on any atom is -0.494 e. The maximum atomic E-state index is 13.6. The lowest BCUT2D eigenvalue weighted by Crippen LogP contribution is -2.23. The molecule has 0 radical (unpaired) electrons. The minimum absolute atomic E-state index is 0.00953. The fourth-order valence-corrected chi connectivity index (χ4v) is 2.45. The number of methoxy groups -OCH3 is 1. The van der Waals surface area contributed by atoms with Crippen LogP contribution in [0.2, 0.25) is 0 Å². The maximum absolute atomic E-state index is 13.6. The molecule has 1 heterocycles. The third kappa shape index (κ3) is 2.46. The Hall–Kier alpha value is -1.62. The van der Waals surface area contributed by atoms with Gasteiger partial charge in [0.15, 0.2) is 11.6 Å². The highest BCUT2D eigenvalue weighted by atomic mass is 19.1. The molecule has 1 fully saturated rings. The van der Waals surface area contributed by atoms with Gasteiger partial charge in [-0.15, -0.1) is 0 Å². The van der Waals surface area contributed by atoms with Crippen LogP contribution in [0.1, 0.15) is 17.9 Å². The van der Waals surface area contributed by atoms with Crippen molar-refractivity contribution in [2.24, 2.45) is 5.92 Å². The highest BCUT2D eigenvalue weighted by Gasteiger charge is 2.32. The molecule has 5 heteroatoms. The van der Waals surface area contributed by atoms with Crippen LogP contribution < -0.4 is 10.1 Å². The van der Waals surface area contributed by atoms with E-state index in [1.807, 2.05) is 0 Å². The zero-order chi connectivity index (χ0) is 13.1. The van der Waals surface area contributed by atoms with E-state index in [4.69, 9.17) is 4.74 Å². The van der Waals surface area contributed by atoms with E-state index < -0.39 is 17.7 Å². The summed E-state index contributed by atoms with van der Waals surface area (Å²) >= 11 is 0. The Morgan fingerprint density at radius 2 is 2.39 bits per heavy atom. The molecule has 0 spiro atoms. The van der Waals surface area contributed by atoms with Gasteiger partial charge in [0, 0.05) is 0 Å². The fourth-order valence-electron chi connectivity index (χ4n) is 2.45. The molecule has 2 rings (SSSR count). The van der Waals surface area contributed by atoms with Crippen molar-refractivity contribution in [2.75, 3.05) is 20.2 Å². The molecule has 0 amide bonds. The van der Waals surface area contributed by atoms with Crippen LogP contribution in [0, 0.1) is 11.7 Å². The van der Waals surface area contributed by atoms with Gasteiger partial charge in [-0.1, -0.05) is 6.07 Å². The van der Waals surface area contributed by atoms with Crippen LogP contribution in [-0.2, 0) is 4.79 Å². The monoisotopic (exact) mass is 253 g/mol. The summed E-state index contributed by atoms with van der Waals surface area (Å²) in [6.07, 6.45) is 0.796. The highest BCUT2D eigenvalue weighted by molar-refractivity contribution is 5.76. The molecule has 18 heavy (non-hydrogen) atoms. The summed E-state index contributed by atoms with van der Waals surface area (Å²) in [4.78, 5) is 11.4. The van der Waals surface area contributed by atoms with E-state index in [-0.39, 0.29) is 11.7 Å². The van der Waals surface area contributed by atoms with Crippen molar-refractivity contribution in [1.29, 1.82) is 0 Å². The van der Waals surface area contributed by atoms with Gasteiger partial charge in [0.05, 0.1) is 13.0 Å². The van der Waals surface area contributed by atoms with E-state index in [2.05, 4.69) is 5.32 Å². The average Bonchev–Trinajstić information content (AvgIpc) is 2.82. The third-order valence-corrected chi connectivity index (χ3v) is 3.37. The first-order valence-corrected chi connectivity index (χ1v) is 5.90. The Bertz CT molecular complexity index is 444. The summed E-state index contributed by atoms with van der Waals surface area (Å²) in [6.45, 7) is 1.47. The number of carboxylic acids is 1. The Morgan fingerprint density at radius 1 is 1.61 bits per heavy atom. The van der Waals surface area contributed by atoms with Gasteiger partial charge in [0.1, 0.15) is 0 Å². The third-order valence-electron chi connectivity index (χ3n) is 3.37. The quantitative estimate of drug-likeness (QED) is 0.856. The number of ether oxygens (including phenoxy) is 1. The van der Waals surface area contributed by atoms with Gasteiger partial charge in [0.25, 0.3) is 0 Å². The van der Waals surface area contributed by atoms with E-state index in [0.29, 0.717) is 12.1 Å². The van der Waals surface area contributed by atoms with Crippen molar-refractivity contribution in [3.05, 3.63) is 29.6 Å². The summed E-state index contributed by atoms with van der Waals surface area (Å²) < 4.78 is 18.5. The standard InChI is InChI=1S/C13H16FNO3/c1-18-11-3-2-8(6-10(11)14)12(13(16)17)9-4-5-15-7-9/h2-3,6,9,12,15H,4-5,7H2,1H3,(H,16,17). The zero-order valence-corrected chi connectivity index (χ0v) is 10.1. The summed E-state index contributed by atoms with van der Waals surface area (Å²) in [7, 11) is 1.38. The van der Waals surface area contributed by atoms with E-state index in [1.54, 1.807) is 6.07 Å². The Morgan fingerprint density at radius 3 is 2.89 bits per heavy atom. The number of carboxylic acid groups (broad SMARTS) is 1. The number of halogens is 1.